The van der Waals surface area contributed by atoms with Crippen LogP contribution in [0.4, 0.5) is 0 Å². The van der Waals surface area contributed by atoms with Crippen LogP contribution in [-0.2, 0) is 4.79 Å². The fourth-order valence-electron chi connectivity index (χ4n) is 2.90. The Morgan fingerprint density at radius 1 is 0.926 bits per heavy atom. The van der Waals surface area contributed by atoms with Crippen LogP contribution < -0.4 is 5.32 Å². The Kier molecular flexibility index (Phi) is 13.6. The lowest BCUT2D eigenvalue weighted by Gasteiger charge is -2.14. The summed E-state index contributed by atoms with van der Waals surface area (Å²) in [6.07, 6.45) is 13.0. The summed E-state index contributed by atoms with van der Waals surface area (Å²) in [5.74, 6) is 0.0460. The first-order valence-electron chi connectivity index (χ1n) is 10.3. The number of amides is 1. The molecule has 4 nitrogen and oxygen atoms in total. The largest absolute Gasteiger partial charge is 0.480 e. The van der Waals surface area contributed by atoms with Crippen LogP contribution in [0.3, 0.4) is 0 Å². The number of unbranched alkanes of at least 4 members (excludes halogenated alkanes) is 9. The van der Waals surface area contributed by atoms with Gasteiger partial charge in [0.25, 0.3) is 5.91 Å². The van der Waals surface area contributed by atoms with Gasteiger partial charge in [-0.1, -0.05) is 82.9 Å². The summed E-state index contributed by atoms with van der Waals surface area (Å²) >= 11 is 1.61. The molecule has 5 heteroatoms. The molecule has 0 heterocycles. The number of thioether (sulfide) groups is 1. The van der Waals surface area contributed by atoms with Crippen molar-refractivity contribution in [2.45, 2.75) is 77.2 Å². The van der Waals surface area contributed by atoms with Gasteiger partial charge in [-0.3, -0.25) is 4.79 Å². The molecule has 1 aromatic rings. The molecule has 1 amide bonds. The van der Waals surface area contributed by atoms with E-state index in [4.69, 9.17) is 0 Å². The summed E-state index contributed by atoms with van der Waals surface area (Å²) in [5, 5.41) is 11.9. The van der Waals surface area contributed by atoms with E-state index in [0.717, 1.165) is 12.2 Å². The van der Waals surface area contributed by atoms with Crippen molar-refractivity contribution >= 4 is 23.6 Å². The van der Waals surface area contributed by atoms with Gasteiger partial charge in [0.1, 0.15) is 6.04 Å². The van der Waals surface area contributed by atoms with Gasteiger partial charge in [-0.25, -0.2) is 4.79 Å². The number of rotatable bonds is 16. The third kappa shape index (κ3) is 11.8. The monoisotopic (exact) mass is 393 g/mol. The van der Waals surface area contributed by atoms with Crippen molar-refractivity contribution in [3.8, 4) is 0 Å². The molecule has 1 aromatic carbocycles. The van der Waals surface area contributed by atoms with Crippen LogP contribution in [0, 0.1) is 0 Å². The zero-order valence-electron chi connectivity index (χ0n) is 16.6. The molecule has 0 radical (unpaired) electrons. The third-order valence-corrected chi connectivity index (χ3v) is 5.71. The number of hydrogen-bond acceptors (Lipinski definition) is 3. The molecule has 1 rings (SSSR count). The molecule has 2 N–H and O–H groups in total. The predicted octanol–water partition coefficient (Wildman–Crippen LogP) is 5.52. The van der Waals surface area contributed by atoms with E-state index in [-0.39, 0.29) is 5.91 Å². The zero-order chi connectivity index (χ0) is 19.7. The Labute approximate surface area is 168 Å². The van der Waals surface area contributed by atoms with Gasteiger partial charge in [0.15, 0.2) is 0 Å². The van der Waals surface area contributed by atoms with Crippen LogP contribution in [0.1, 0.15) is 81.5 Å². The molecule has 152 valence electrons. The van der Waals surface area contributed by atoms with Crippen molar-refractivity contribution in [3.63, 3.8) is 0 Å². The topological polar surface area (TPSA) is 66.4 Å². The van der Waals surface area contributed by atoms with Gasteiger partial charge in [0.05, 0.1) is 0 Å². The second-order valence-electron chi connectivity index (χ2n) is 6.99. The highest BCUT2D eigenvalue weighted by Gasteiger charge is 2.20. The lowest BCUT2D eigenvalue weighted by molar-refractivity contribution is -0.138. The van der Waals surface area contributed by atoms with Crippen molar-refractivity contribution in [2.75, 3.05) is 11.5 Å². The fraction of sp³-hybridized carbons (Fsp3) is 0.636. The zero-order valence-corrected chi connectivity index (χ0v) is 17.4. The average molecular weight is 394 g/mol. The summed E-state index contributed by atoms with van der Waals surface area (Å²) in [6.45, 7) is 2.24. The van der Waals surface area contributed by atoms with Gasteiger partial charge in [-0.2, -0.15) is 11.8 Å². The Balaban J connectivity index is 2.07. The van der Waals surface area contributed by atoms with Crippen LogP contribution >= 0.6 is 11.8 Å². The summed E-state index contributed by atoms with van der Waals surface area (Å²) in [5.41, 5.74) is 0.489. The van der Waals surface area contributed by atoms with E-state index in [9.17, 15) is 14.7 Å². The van der Waals surface area contributed by atoms with Gasteiger partial charge in [-0.15, -0.1) is 0 Å². The number of benzene rings is 1. The lowest BCUT2D eigenvalue weighted by atomic mass is 10.1. The molecule has 0 bridgehead atoms. The van der Waals surface area contributed by atoms with Crippen LogP contribution in [0.25, 0.3) is 0 Å². The molecule has 0 aliphatic carbocycles. The number of carboxylic acids is 1. The molecule has 0 saturated heterocycles. The first kappa shape index (κ1) is 23.5. The van der Waals surface area contributed by atoms with Gasteiger partial charge >= 0.3 is 5.97 Å². The maximum absolute atomic E-state index is 12.1. The number of aliphatic carboxylic acids is 1. The quantitative estimate of drug-likeness (QED) is 0.363. The molecule has 0 aliphatic heterocycles. The minimum absolute atomic E-state index is 0.331. The molecular weight excluding hydrogens is 358 g/mol. The minimum Gasteiger partial charge on any atom is -0.480 e. The minimum atomic E-state index is -0.977. The molecule has 0 aromatic heterocycles. The lowest BCUT2D eigenvalue weighted by Crippen LogP contribution is -2.42. The Morgan fingerprint density at radius 2 is 1.48 bits per heavy atom. The van der Waals surface area contributed by atoms with Gasteiger partial charge in [0.2, 0.25) is 0 Å². The highest BCUT2D eigenvalue weighted by Crippen LogP contribution is 2.13. The Morgan fingerprint density at radius 3 is 2.04 bits per heavy atom. The van der Waals surface area contributed by atoms with Gasteiger partial charge in [0, 0.05) is 11.3 Å². The predicted molar refractivity (Wildman–Crippen MR) is 115 cm³/mol. The highest BCUT2D eigenvalue weighted by molar-refractivity contribution is 7.99. The Bertz CT molecular complexity index is 522. The Hall–Kier alpha value is -1.49. The van der Waals surface area contributed by atoms with Crippen LogP contribution in [0.15, 0.2) is 30.3 Å². The molecule has 0 fully saturated rings. The molecule has 1 unspecified atom stereocenters. The van der Waals surface area contributed by atoms with Crippen molar-refractivity contribution in [1.82, 2.24) is 5.32 Å². The van der Waals surface area contributed by atoms with E-state index in [1.165, 1.54) is 57.8 Å². The maximum Gasteiger partial charge on any atom is 0.327 e. The molecule has 27 heavy (non-hydrogen) atoms. The molecule has 0 saturated carbocycles. The maximum atomic E-state index is 12.1. The highest BCUT2D eigenvalue weighted by atomic mass is 32.2. The number of carboxylic acid groups (broad SMARTS) is 1. The van der Waals surface area contributed by atoms with E-state index in [1.54, 1.807) is 36.0 Å². The summed E-state index contributed by atoms with van der Waals surface area (Å²) < 4.78 is 0. The van der Waals surface area contributed by atoms with E-state index >= 15 is 0 Å². The van der Waals surface area contributed by atoms with Crippen molar-refractivity contribution in [3.05, 3.63) is 35.9 Å². The number of carbonyl (C=O) groups excluding carboxylic acids is 1. The molecule has 0 aliphatic rings. The summed E-state index contributed by atoms with van der Waals surface area (Å²) in [6, 6.07) is 7.89. The summed E-state index contributed by atoms with van der Waals surface area (Å²) in [7, 11) is 0. The van der Waals surface area contributed by atoms with Gasteiger partial charge < -0.3 is 10.4 Å². The van der Waals surface area contributed by atoms with Crippen LogP contribution in [0.2, 0.25) is 0 Å². The molecular formula is C22H35NO3S. The second kappa shape index (κ2) is 15.6. The first-order chi connectivity index (χ1) is 13.1. The number of hydrogen-bond donors (Lipinski definition) is 2. The van der Waals surface area contributed by atoms with Crippen molar-refractivity contribution < 1.29 is 14.7 Å². The smallest absolute Gasteiger partial charge is 0.327 e. The van der Waals surface area contributed by atoms with Crippen LogP contribution in [-0.4, -0.2) is 34.5 Å². The SMILES string of the molecule is CCCCCCCCCCCCSCC(NC(=O)c1ccccc1)C(=O)O. The van der Waals surface area contributed by atoms with E-state index < -0.39 is 12.0 Å². The third-order valence-electron chi connectivity index (χ3n) is 4.57. The van der Waals surface area contributed by atoms with Crippen molar-refractivity contribution in [1.29, 1.82) is 0 Å². The normalized spacial score (nSPS) is 11.9. The average Bonchev–Trinajstić information content (AvgIpc) is 2.68. The van der Waals surface area contributed by atoms with E-state index in [2.05, 4.69) is 12.2 Å². The fourth-order valence-corrected chi connectivity index (χ4v) is 3.94. The first-order valence-corrected chi connectivity index (χ1v) is 11.5. The van der Waals surface area contributed by atoms with Gasteiger partial charge in [-0.05, 0) is 24.3 Å². The number of nitrogens with one attached hydrogen (secondary N) is 1. The number of carbonyl (C=O) groups is 2. The van der Waals surface area contributed by atoms with Crippen molar-refractivity contribution in [2.24, 2.45) is 0 Å². The van der Waals surface area contributed by atoms with Crippen LogP contribution in [0.5, 0.6) is 0 Å². The van der Waals surface area contributed by atoms with E-state index in [0.29, 0.717) is 11.3 Å². The molecule has 0 spiro atoms. The second-order valence-corrected chi connectivity index (χ2v) is 8.14. The van der Waals surface area contributed by atoms with E-state index in [1.807, 2.05) is 6.07 Å². The summed E-state index contributed by atoms with van der Waals surface area (Å²) in [4.78, 5) is 23.5. The standard InChI is InChI=1S/C22H35NO3S/c1-2-3-4-5-6-7-8-9-10-14-17-27-18-20(22(25)26)23-21(24)19-15-12-11-13-16-19/h11-13,15-16,20H,2-10,14,17-18H2,1H3,(H,23,24)(H,25,26). The molecule has 1 atom stereocenters.